The molecule has 16 aromatic carbocycles. The Hall–Kier alpha value is -17.0. The Kier molecular flexibility index (Phi) is 18.3. The summed E-state index contributed by atoms with van der Waals surface area (Å²) in [4.78, 5) is 29.9. The van der Waals surface area contributed by atoms with Crippen LogP contribution in [0.5, 0.6) is 0 Å². The molecule has 0 aliphatic heterocycles. The topological polar surface area (TPSA) is 84.2 Å². The molecule has 0 saturated heterocycles. The van der Waals surface area contributed by atoms with E-state index in [4.69, 9.17) is 19.9 Å². The fraction of sp³-hybridized carbons (Fsp3) is 0. The number of aromatic nitrogens is 8. The summed E-state index contributed by atoms with van der Waals surface area (Å²) < 4.78 is 13.8. The monoisotopic (exact) mass is 1700 g/mol. The molecule has 130 heavy (non-hydrogen) atoms. The largest absolute Gasteiger partial charge is 0.309 e. The summed E-state index contributed by atoms with van der Waals surface area (Å²) >= 11 is 3.48. The standard InChI is InChI=1S/2C58H38N6S/c1-5-17-39(18-6-1)61(43-29-31-49-47-25-13-15-27-51(47)63(53(49)33-43)41-21-9-3-10-22-41)45-35-55-57(59-37-45)58-56(65-55)36-46(38-60-58)62(40-19-7-2-8-20-40)44-30-32-50-48-26-14-16-28-52(48)64(54(50)34-44)42-23-11-4-12-24-42;1-5-17-39(18-6-1)61(43-29-31-48-46-25-13-15-27-51(46)63(53(48)33-43)41-21-9-3-10-22-41)45-35-56-58(60-37-45)50-38-59-57(36-55(50)65-56)62(40-19-7-2-8-20-40)44-30-32-49-47-26-14-16-28-52(47)64(54(49)34-44)42-23-11-4-12-24-42/h2*1-38H. The lowest BCUT2D eigenvalue weighted by Crippen LogP contribution is -2.11. The van der Waals surface area contributed by atoms with Gasteiger partial charge in [-0.15, -0.1) is 22.7 Å². The smallest absolute Gasteiger partial charge is 0.138 e. The predicted octanol–water partition coefficient (Wildman–Crippen LogP) is 32.0. The third kappa shape index (κ3) is 12.9. The average Bonchev–Trinajstić information content (AvgIpc) is 1.59. The molecule has 0 amide bonds. The van der Waals surface area contributed by atoms with Crippen molar-refractivity contribution in [2.75, 3.05) is 19.6 Å². The lowest BCUT2D eigenvalue weighted by Gasteiger charge is -2.25. The number of benzene rings is 16. The molecule has 10 aromatic heterocycles. The van der Waals surface area contributed by atoms with E-state index in [-0.39, 0.29) is 0 Å². The summed E-state index contributed by atoms with van der Waals surface area (Å²) in [5.41, 5.74) is 27.9. The Morgan fingerprint density at radius 1 is 0.162 bits per heavy atom. The number of para-hydroxylation sites is 12. The first-order valence-corrected chi connectivity index (χ1v) is 45.3. The minimum Gasteiger partial charge on any atom is -0.309 e. The quantitative estimate of drug-likeness (QED) is 0.0946. The van der Waals surface area contributed by atoms with Crippen LogP contribution >= 0.6 is 22.7 Å². The first-order valence-electron chi connectivity index (χ1n) is 43.6. The van der Waals surface area contributed by atoms with Gasteiger partial charge in [-0.1, -0.05) is 243 Å². The minimum absolute atomic E-state index is 0.838. The van der Waals surface area contributed by atoms with Crippen LogP contribution in [0, 0.1) is 0 Å². The van der Waals surface area contributed by atoms with Crippen molar-refractivity contribution in [3.63, 3.8) is 0 Å². The van der Waals surface area contributed by atoms with Gasteiger partial charge in [0.25, 0.3) is 0 Å². The number of hydrogen-bond acceptors (Lipinski definition) is 10. The number of pyridine rings is 4. The summed E-state index contributed by atoms with van der Waals surface area (Å²) in [6, 6.07) is 156. The van der Waals surface area contributed by atoms with Crippen molar-refractivity contribution in [2.24, 2.45) is 0 Å². The van der Waals surface area contributed by atoms with Crippen LogP contribution in [0.2, 0.25) is 0 Å². The van der Waals surface area contributed by atoms with Crippen molar-refractivity contribution in [3.8, 4) is 22.7 Å². The second-order valence-corrected chi connectivity index (χ2v) is 34.8. The zero-order valence-electron chi connectivity index (χ0n) is 70.1. The van der Waals surface area contributed by atoms with Gasteiger partial charge in [-0.25, -0.2) is 4.98 Å². The van der Waals surface area contributed by atoms with Gasteiger partial charge in [-0.2, -0.15) is 0 Å². The molecule has 14 heteroatoms. The van der Waals surface area contributed by atoms with Crippen LogP contribution in [0.15, 0.2) is 462 Å². The molecule has 0 fully saturated rings. The van der Waals surface area contributed by atoms with Gasteiger partial charge in [0.05, 0.1) is 99.4 Å². The van der Waals surface area contributed by atoms with Gasteiger partial charge in [0, 0.05) is 128 Å². The molecule has 0 aliphatic carbocycles. The van der Waals surface area contributed by atoms with E-state index in [2.05, 4.69) is 475 Å². The first kappa shape index (κ1) is 75.5. The molecule has 12 nitrogen and oxygen atoms in total. The molecule has 0 aliphatic rings. The van der Waals surface area contributed by atoms with E-state index in [0.717, 1.165) is 154 Å². The highest BCUT2D eigenvalue weighted by Gasteiger charge is 2.27. The molecule has 0 spiro atoms. The maximum Gasteiger partial charge on any atom is 0.138 e. The van der Waals surface area contributed by atoms with E-state index in [1.807, 2.05) is 24.8 Å². The van der Waals surface area contributed by atoms with E-state index >= 15 is 0 Å². The van der Waals surface area contributed by atoms with E-state index in [0.29, 0.717) is 0 Å². The van der Waals surface area contributed by atoms with Crippen LogP contribution in [0.4, 0.5) is 68.4 Å². The summed E-state index contributed by atoms with van der Waals surface area (Å²) in [7, 11) is 0. The average molecular weight is 1700 g/mol. The fourth-order valence-electron chi connectivity index (χ4n) is 19.4. The summed E-state index contributed by atoms with van der Waals surface area (Å²) in [5.74, 6) is 0.838. The number of thiophene rings is 2. The second-order valence-electron chi connectivity index (χ2n) is 32.6. The lowest BCUT2D eigenvalue weighted by molar-refractivity contribution is 1.17. The fourth-order valence-corrected chi connectivity index (χ4v) is 21.6. The molecule has 612 valence electrons. The minimum atomic E-state index is 0.838. The van der Waals surface area contributed by atoms with Crippen LogP contribution in [0.1, 0.15) is 0 Å². The molecule has 26 rings (SSSR count). The third-order valence-electron chi connectivity index (χ3n) is 25.1. The summed E-state index contributed by atoms with van der Waals surface area (Å²) in [5, 5.41) is 10.8. The van der Waals surface area contributed by atoms with Crippen molar-refractivity contribution in [2.45, 2.75) is 0 Å². The van der Waals surface area contributed by atoms with Crippen molar-refractivity contribution < 1.29 is 0 Å². The predicted molar refractivity (Wildman–Crippen MR) is 546 cm³/mol. The Bertz CT molecular complexity index is 7800. The van der Waals surface area contributed by atoms with Crippen LogP contribution in [-0.2, 0) is 0 Å². The highest BCUT2D eigenvalue weighted by molar-refractivity contribution is 7.26. The zero-order valence-corrected chi connectivity index (χ0v) is 71.7. The molecule has 0 atom stereocenters. The second kappa shape index (κ2) is 31.6. The van der Waals surface area contributed by atoms with E-state index in [1.54, 1.807) is 22.7 Å². The molecular formula is C116H76N12S2. The maximum atomic E-state index is 5.19. The molecule has 26 aromatic rings. The van der Waals surface area contributed by atoms with Crippen LogP contribution in [-0.4, -0.2) is 38.2 Å². The normalized spacial score (nSPS) is 11.7. The number of nitrogens with zero attached hydrogens (tertiary/aromatic N) is 12. The molecule has 0 N–H and O–H groups in total. The maximum absolute atomic E-state index is 5.19. The van der Waals surface area contributed by atoms with Crippen molar-refractivity contribution in [1.82, 2.24) is 38.2 Å². The highest BCUT2D eigenvalue weighted by atomic mass is 32.1. The Balaban J connectivity index is 0.000000140. The van der Waals surface area contributed by atoms with Gasteiger partial charge in [0.15, 0.2) is 0 Å². The number of rotatable bonds is 16. The van der Waals surface area contributed by atoms with Crippen molar-refractivity contribution >= 4 is 219 Å². The Labute approximate surface area is 755 Å². The third-order valence-corrected chi connectivity index (χ3v) is 27.2. The van der Waals surface area contributed by atoms with Gasteiger partial charge >= 0.3 is 0 Å². The van der Waals surface area contributed by atoms with Gasteiger partial charge in [-0.3, -0.25) is 19.9 Å². The van der Waals surface area contributed by atoms with Crippen LogP contribution < -0.4 is 19.6 Å². The number of fused-ring (bicyclic) bond motifs is 18. The first-order chi connectivity index (χ1) is 64.5. The van der Waals surface area contributed by atoms with Crippen molar-refractivity contribution in [3.05, 3.63) is 462 Å². The molecule has 0 bridgehead atoms. The van der Waals surface area contributed by atoms with Crippen LogP contribution in [0.3, 0.4) is 0 Å². The molecule has 10 heterocycles. The summed E-state index contributed by atoms with van der Waals surface area (Å²) in [6.45, 7) is 0. The van der Waals surface area contributed by atoms with Crippen LogP contribution in [0.25, 0.3) is 151 Å². The SMILES string of the molecule is c1ccc(N(c2cnc3c(c2)sc2cc(N(c4ccccc4)c4ccc5c6ccccc6n(-c6ccccc6)c5c4)cnc23)c2ccc3c4ccccc4n(-c4ccccc4)c3c2)cc1.c1ccc(N(c2cnc3c(c2)sc2cc(N(c4ccccc4)c4ccc5c6ccccc6n(-c6ccccc6)c5c4)ncc23)c2ccc3c4ccccc4n(-c4ccccc4)c3c2)cc1. The Morgan fingerprint density at radius 3 is 0.723 bits per heavy atom. The number of hydrogen-bond donors (Lipinski definition) is 0. The van der Waals surface area contributed by atoms with Gasteiger partial charge in [0.2, 0.25) is 0 Å². The van der Waals surface area contributed by atoms with Gasteiger partial charge in [-0.05, 0) is 194 Å². The van der Waals surface area contributed by atoms with E-state index in [1.165, 1.54) is 65.2 Å². The summed E-state index contributed by atoms with van der Waals surface area (Å²) in [6.07, 6.45) is 7.98. The lowest BCUT2D eigenvalue weighted by atomic mass is 10.1. The van der Waals surface area contributed by atoms with Gasteiger partial charge < -0.3 is 33.0 Å². The van der Waals surface area contributed by atoms with E-state index in [9.17, 15) is 0 Å². The number of anilines is 12. The van der Waals surface area contributed by atoms with Crippen molar-refractivity contribution in [1.29, 1.82) is 0 Å². The highest BCUT2D eigenvalue weighted by Crippen LogP contribution is 2.49. The molecule has 0 saturated carbocycles. The van der Waals surface area contributed by atoms with Gasteiger partial charge in [0.1, 0.15) is 16.9 Å². The zero-order chi connectivity index (χ0) is 85.7. The molecule has 0 unspecified atom stereocenters. The molecular weight excluding hydrogens is 1630 g/mol. The Morgan fingerprint density at radius 2 is 0.408 bits per heavy atom. The van der Waals surface area contributed by atoms with E-state index < -0.39 is 0 Å². The molecule has 0 radical (unpaired) electrons.